The lowest BCUT2D eigenvalue weighted by Crippen LogP contribution is -2.30. The minimum Gasteiger partial charge on any atom is -0.462 e. The standard InChI is InChI=1S/C96H188O17P2/c1-6-9-12-15-18-21-24-27-30-33-36-39-42-45-48-51-54-57-60-67-71-76-81-95(100)112-91(85-106-93(98)79-74-69-64-58-55-52-49-46-43-40-37-34-31-28-25-22-19-16-13-10-7-2)87-110-114(102,103)108-83-90(97)84-109-115(104,105)111-88-92(86-107-94(99)80-75-70-65-62-61-63-68-73-78-89(4)5)113-96(101)82-77-72-66-59-56-53-50-47-44-41-38-35-32-29-26-23-20-17-14-11-8-3/h89-92,97H,6-88H2,1-5H3,(H,102,103)(H,104,105)/t90-,91-,92-/m1/s1. The largest absolute Gasteiger partial charge is 0.472 e. The molecule has 2 unspecified atom stereocenters. The molecular weight excluding hydrogens is 1490 g/mol. The molecule has 0 aliphatic carbocycles. The Morgan fingerprint density at radius 3 is 0.591 bits per heavy atom. The maximum absolute atomic E-state index is 13.2. The van der Waals surface area contributed by atoms with Crippen LogP contribution < -0.4 is 0 Å². The summed E-state index contributed by atoms with van der Waals surface area (Å²) >= 11 is 0. The Morgan fingerprint density at radius 1 is 0.235 bits per heavy atom. The molecule has 0 radical (unpaired) electrons. The van der Waals surface area contributed by atoms with Crippen LogP contribution in [0.4, 0.5) is 0 Å². The van der Waals surface area contributed by atoms with Gasteiger partial charge in [0.05, 0.1) is 26.4 Å². The highest BCUT2D eigenvalue weighted by Gasteiger charge is 2.31. The summed E-state index contributed by atoms with van der Waals surface area (Å²) in [6, 6.07) is 0. The number of aliphatic hydroxyl groups is 1. The minimum absolute atomic E-state index is 0.109. The number of carbonyl (C=O) groups excluding carboxylic acids is 4. The smallest absolute Gasteiger partial charge is 0.462 e. The van der Waals surface area contributed by atoms with E-state index in [1.807, 2.05) is 0 Å². The fraction of sp³-hybridized carbons (Fsp3) is 0.958. The zero-order valence-corrected chi connectivity index (χ0v) is 77.7. The number of hydrogen-bond acceptors (Lipinski definition) is 15. The summed E-state index contributed by atoms with van der Waals surface area (Å²) in [6.07, 6.45) is 86.6. The number of ether oxygens (including phenoxy) is 4. The van der Waals surface area contributed by atoms with Crippen molar-refractivity contribution in [3.63, 3.8) is 0 Å². The van der Waals surface area contributed by atoms with E-state index < -0.39 is 97.5 Å². The van der Waals surface area contributed by atoms with E-state index in [0.29, 0.717) is 25.7 Å². The van der Waals surface area contributed by atoms with E-state index in [2.05, 4.69) is 34.6 Å². The van der Waals surface area contributed by atoms with Gasteiger partial charge in [0.1, 0.15) is 19.3 Å². The van der Waals surface area contributed by atoms with Crippen LogP contribution in [0.1, 0.15) is 529 Å². The Bertz CT molecular complexity index is 2170. The molecule has 0 bridgehead atoms. The lowest BCUT2D eigenvalue weighted by molar-refractivity contribution is -0.161. The van der Waals surface area contributed by atoms with Gasteiger partial charge < -0.3 is 33.8 Å². The van der Waals surface area contributed by atoms with Gasteiger partial charge in [-0.3, -0.25) is 37.3 Å². The van der Waals surface area contributed by atoms with Crippen LogP contribution >= 0.6 is 15.6 Å². The first-order valence-electron chi connectivity index (χ1n) is 49.6. The third-order valence-electron chi connectivity index (χ3n) is 22.8. The Morgan fingerprint density at radius 2 is 0.400 bits per heavy atom. The fourth-order valence-corrected chi connectivity index (χ4v) is 16.8. The lowest BCUT2D eigenvalue weighted by Gasteiger charge is -2.21. The third-order valence-corrected chi connectivity index (χ3v) is 24.7. The third kappa shape index (κ3) is 89.6. The van der Waals surface area contributed by atoms with Crippen molar-refractivity contribution < 1.29 is 80.2 Å². The summed E-state index contributed by atoms with van der Waals surface area (Å²) in [7, 11) is -9.94. The van der Waals surface area contributed by atoms with Crippen LogP contribution in [0, 0.1) is 5.92 Å². The van der Waals surface area contributed by atoms with Crippen molar-refractivity contribution in [3.05, 3.63) is 0 Å². The van der Waals surface area contributed by atoms with Crippen LogP contribution in [0.5, 0.6) is 0 Å². The van der Waals surface area contributed by atoms with Crippen molar-refractivity contribution in [2.45, 2.75) is 547 Å². The Kier molecular flexibility index (Phi) is 86.9. The zero-order chi connectivity index (χ0) is 84.0. The second-order valence-electron chi connectivity index (χ2n) is 34.9. The predicted molar refractivity (Wildman–Crippen MR) is 479 cm³/mol. The monoisotopic (exact) mass is 1680 g/mol. The van der Waals surface area contributed by atoms with Gasteiger partial charge in [0.15, 0.2) is 12.2 Å². The average molecular weight is 1680 g/mol. The van der Waals surface area contributed by atoms with Gasteiger partial charge in [0.2, 0.25) is 0 Å². The van der Waals surface area contributed by atoms with E-state index in [1.165, 1.54) is 353 Å². The van der Waals surface area contributed by atoms with E-state index in [4.69, 9.17) is 37.0 Å². The fourth-order valence-electron chi connectivity index (χ4n) is 15.2. The van der Waals surface area contributed by atoms with Crippen molar-refractivity contribution >= 4 is 39.5 Å². The highest BCUT2D eigenvalue weighted by atomic mass is 31.2. The number of carbonyl (C=O) groups is 4. The molecule has 0 spiro atoms. The highest BCUT2D eigenvalue weighted by Crippen LogP contribution is 2.45. The van der Waals surface area contributed by atoms with Gasteiger partial charge in [-0.1, -0.05) is 478 Å². The van der Waals surface area contributed by atoms with Gasteiger partial charge in [-0.2, -0.15) is 0 Å². The number of unbranched alkanes of at least 4 members (excludes halogenated alkanes) is 68. The first-order valence-corrected chi connectivity index (χ1v) is 52.6. The summed E-state index contributed by atoms with van der Waals surface area (Å²) in [4.78, 5) is 73.6. The molecule has 0 fully saturated rings. The molecule has 19 heteroatoms. The van der Waals surface area contributed by atoms with E-state index in [1.54, 1.807) is 0 Å². The quantitative estimate of drug-likeness (QED) is 0.0222. The summed E-state index contributed by atoms with van der Waals surface area (Å²) in [5.41, 5.74) is 0. The summed E-state index contributed by atoms with van der Waals surface area (Å²) < 4.78 is 69.2. The molecule has 0 aromatic carbocycles. The molecule has 17 nitrogen and oxygen atoms in total. The van der Waals surface area contributed by atoms with E-state index in [0.717, 1.165) is 95.8 Å². The second-order valence-corrected chi connectivity index (χ2v) is 37.8. The van der Waals surface area contributed by atoms with Crippen molar-refractivity contribution in [2.24, 2.45) is 5.92 Å². The first-order chi connectivity index (χ1) is 56.0. The molecular formula is C96H188O17P2. The number of phosphoric acid groups is 2. The number of hydrogen-bond donors (Lipinski definition) is 3. The Hall–Kier alpha value is -1.94. The molecule has 0 rings (SSSR count). The summed E-state index contributed by atoms with van der Waals surface area (Å²) in [5.74, 6) is -1.36. The van der Waals surface area contributed by atoms with Crippen molar-refractivity contribution in [1.29, 1.82) is 0 Å². The van der Waals surface area contributed by atoms with Crippen LogP contribution in [0.15, 0.2) is 0 Å². The van der Waals surface area contributed by atoms with E-state index >= 15 is 0 Å². The first kappa shape index (κ1) is 113. The molecule has 684 valence electrons. The number of aliphatic hydroxyl groups excluding tert-OH is 1. The number of esters is 4. The minimum atomic E-state index is -4.97. The van der Waals surface area contributed by atoms with Gasteiger partial charge in [-0.05, 0) is 31.6 Å². The highest BCUT2D eigenvalue weighted by molar-refractivity contribution is 7.47. The topological polar surface area (TPSA) is 237 Å². The SMILES string of the molecule is CCCCCCCCCCCCCCCCCCCCCCCCC(=O)O[C@H](COC(=O)CCCCCCCCCCCCCCCCCCCCCCC)COP(=O)(O)OC[C@@H](O)COP(=O)(O)OC[C@@H](COC(=O)CCCCCCCCCCC(C)C)OC(=O)CCCCCCCCCCCCCCCCCCCCCCC. The number of phosphoric ester groups is 2. The van der Waals surface area contributed by atoms with Crippen LogP contribution in [0.25, 0.3) is 0 Å². The lowest BCUT2D eigenvalue weighted by atomic mass is 10.0. The second kappa shape index (κ2) is 88.4. The van der Waals surface area contributed by atoms with Gasteiger partial charge in [0.25, 0.3) is 0 Å². The van der Waals surface area contributed by atoms with Crippen LogP contribution in [-0.4, -0.2) is 96.7 Å². The molecule has 0 aliphatic rings. The molecule has 0 amide bonds. The van der Waals surface area contributed by atoms with E-state index in [9.17, 15) is 43.2 Å². The predicted octanol–water partition coefficient (Wildman–Crippen LogP) is 30.3. The van der Waals surface area contributed by atoms with Crippen LogP contribution in [-0.2, 0) is 65.4 Å². The van der Waals surface area contributed by atoms with Gasteiger partial charge in [-0.15, -0.1) is 0 Å². The molecule has 0 saturated carbocycles. The Labute approximate surface area is 708 Å². The normalized spacial score (nSPS) is 13.6. The van der Waals surface area contributed by atoms with Crippen molar-refractivity contribution in [1.82, 2.24) is 0 Å². The average Bonchev–Trinajstić information content (AvgIpc) is 0.932. The molecule has 0 saturated heterocycles. The maximum Gasteiger partial charge on any atom is 0.472 e. The summed E-state index contributed by atoms with van der Waals surface area (Å²) in [6.45, 7) is 7.38. The molecule has 5 atom stereocenters. The van der Waals surface area contributed by atoms with Gasteiger partial charge in [0, 0.05) is 25.7 Å². The summed E-state index contributed by atoms with van der Waals surface area (Å²) in [5, 5.41) is 10.7. The van der Waals surface area contributed by atoms with Crippen LogP contribution in [0.2, 0.25) is 0 Å². The van der Waals surface area contributed by atoms with Gasteiger partial charge >= 0.3 is 39.5 Å². The molecule has 0 aliphatic heterocycles. The maximum atomic E-state index is 13.2. The molecule has 115 heavy (non-hydrogen) atoms. The molecule has 0 aromatic heterocycles. The van der Waals surface area contributed by atoms with Crippen molar-refractivity contribution in [3.8, 4) is 0 Å². The Balaban J connectivity index is 5.21. The van der Waals surface area contributed by atoms with Gasteiger partial charge in [-0.25, -0.2) is 9.13 Å². The van der Waals surface area contributed by atoms with Crippen LogP contribution in [0.3, 0.4) is 0 Å². The van der Waals surface area contributed by atoms with E-state index in [-0.39, 0.29) is 25.7 Å². The molecule has 0 aromatic rings. The molecule has 0 heterocycles. The number of rotatable bonds is 96. The molecule has 3 N–H and O–H groups in total. The van der Waals surface area contributed by atoms with Crippen molar-refractivity contribution in [2.75, 3.05) is 39.6 Å². The zero-order valence-electron chi connectivity index (χ0n) is 76.0.